The van der Waals surface area contributed by atoms with Gasteiger partial charge in [0.15, 0.2) is 0 Å². The van der Waals surface area contributed by atoms with E-state index in [1.54, 1.807) is 23.1 Å². The van der Waals surface area contributed by atoms with Crippen LogP contribution in [0.15, 0.2) is 59.8 Å². The van der Waals surface area contributed by atoms with Gasteiger partial charge in [-0.05, 0) is 30.7 Å². The predicted octanol–water partition coefficient (Wildman–Crippen LogP) is 4.62. The van der Waals surface area contributed by atoms with E-state index in [0.717, 1.165) is 16.8 Å². The molecule has 2 unspecified atom stereocenters. The molecule has 1 aliphatic carbocycles. The van der Waals surface area contributed by atoms with Crippen LogP contribution in [0.3, 0.4) is 0 Å². The Morgan fingerprint density at radius 3 is 2.89 bits per heavy atom. The van der Waals surface area contributed by atoms with Gasteiger partial charge >= 0.3 is 0 Å². The molecule has 0 saturated carbocycles. The summed E-state index contributed by atoms with van der Waals surface area (Å²) in [7, 11) is 1.54. The molecule has 142 valence electrons. The van der Waals surface area contributed by atoms with Crippen LogP contribution in [0.2, 0.25) is 10.0 Å². The molecule has 3 rings (SSSR count). The molecular formula is C19H20Cl2N4O2. The second kappa shape index (κ2) is 9.17. The molecule has 6 nitrogen and oxygen atoms in total. The van der Waals surface area contributed by atoms with Crippen molar-refractivity contribution < 1.29 is 9.57 Å². The van der Waals surface area contributed by atoms with Gasteiger partial charge in [0, 0.05) is 22.0 Å². The van der Waals surface area contributed by atoms with Crippen molar-refractivity contribution in [3.05, 3.63) is 70.3 Å². The second-order valence-electron chi connectivity index (χ2n) is 6.09. The molecule has 0 fully saturated rings. The van der Waals surface area contributed by atoms with Crippen molar-refractivity contribution in [2.24, 2.45) is 5.16 Å². The van der Waals surface area contributed by atoms with E-state index in [-0.39, 0.29) is 12.2 Å². The zero-order valence-electron chi connectivity index (χ0n) is 15.0. The first-order valence-corrected chi connectivity index (χ1v) is 9.22. The van der Waals surface area contributed by atoms with E-state index in [0.29, 0.717) is 23.0 Å². The van der Waals surface area contributed by atoms with Crippen molar-refractivity contribution in [2.45, 2.75) is 32.1 Å². The molecule has 0 bridgehead atoms. The highest BCUT2D eigenvalue weighted by molar-refractivity contribution is 6.35. The molecule has 1 aliphatic rings. The van der Waals surface area contributed by atoms with Gasteiger partial charge in [0.25, 0.3) is 0 Å². The lowest BCUT2D eigenvalue weighted by Gasteiger charge is -2.26. The highest BCUT2D eigenvalue weighted by Crippen LogP contribution is 2.32. The molecule has 8 heteroatoms. The SMILES string of the molecule is CON=C1C=CC=C(C(C)OC(Cn2cncn2)c2ccc(Cl)cc2Cl)C1. The van der Waals surface area contributed by atoms with Crippen LogP contribution in [0, 0.1) is 0 Å². The fourth-order valence-corrected chi connectivity index (χ4v) is 3.41. The van der Waals surface area contributed by atoms with E-state index < -0.39 is 0 Å². The number of nitrogens with zero attached hydrogens (tertiary/aromatic N) is 4. The van der Waals surface area contributed by atoms with Gasteiger partial charge in [-0.3, -0.25) is 4.68 Å². The number of hydrogen-bond acceptors (Lipinski definition) is 5. The van der Waals surface area contributed by atoms with Crippen molar-refractivity contribution >= 4 is 28.9 Å². The van der Waals surface area contributed by atoms with E-state index in [4.69, 9.17) is 32.8 Å². The molecular weight excluding hydrogens is 387 g/mol. The van der Waals surface area contributed by atoms with Crippen LogP contribution in [0.1, 0.15) is 25.0 Å². The van der Waals surface area contributed by atoms with Gasteiger partial charge in [-0.25, -0.2) is 4.98 Å². The zero-order chi connectivity index (χ0) is 19.2. The number of hydrogen-bond donors (Lipinski definition) is 0. The first-order valence-electron chi connectivity index (χ1n) is 8.46. The van der Waals surface area contributed by atoms with E-state index in [1.165, 1.54) is 13.4 Å². The van der Waals surface area contributed by atoms with Gasteiger partial charge in [0.2, 0.25) is 0 Å². The van der Waals surface area contributed by atoms with Crippen LogP contribution >= 0.6 is 23.2 Å². The van der Waals surface area contributed by atoms with Crippen molar-refractivity contribution in [3.63, 3.8) is 0 Å². The summed E-state index contributed by atoms with van der Waals surface area (Å²) in [5, 5.41) is 9.33. The molecule has 1 heterocycles. The van der Waals surface area contributed by atoms with Gasteiger partial charge < -0.3 is 9.57 Å². The monoisotopic (exact) mass is 406 g/mol. The van der Waals surface area contributed by atoms with Gasteiger partial charge in [-0.15, -0.1) is 0 Å². The number of rotatable bonds is 7. The summed E-state index contributed by atoms with van der Waals surface area (Å²) in [5.74, 6) is 0. The highest BCUT2D eigenvalue weighted by Gasteiger charge is 2.23. The van der Waals surface area contributed by atoms with E-state index in [1.807, 2.05) is 31.2 Å². The number of aromatic nitrogens is 3. The van der Waals surface area contributed by atoms with Crippen LogP contribution < -0.4 is 0 Å². The summed E-state index contributed by atoms with van der Waals surface area (Å²) in [6.07, 6.45) is 9.23. The fourth-order valence-electron chi connectivity index (χ4n) is 2.88. The molecule has 0 spiro atoms. The average molecular weight is 407 g/mol. The lowest BCUT2D eigenvalue weighted by molar-refractivity contribution is 0.00275. The predicted molar refractivity (Wildman–Crippen MR) is 106 cm³/mol. The topological polar surface area (TPSA) is 61.5 Å². The Bertz CT molecular complexity index is 863. The summed E-state index contributed by atoms with van der Waals surface area (Å²) < 4.78 is 8.10. The summed E-state index contributed by atoms with van der Waals surface area (Å²) in [4.78, 5) is 8.87. The first kappa shape index (κ1) is 19.6. The minimum Gasteiger partial charge on any atom is -0.399 e. The van der Waals surface area contributed by atoms with E-state index in [9.17, 15) is 0 Å². The molecule has 0 aliphatic heterocycles. The quantitative estimate of drug-likeness (QED) is 0.629. The highest BCUT2D eigenvalue weighted by atomic mass is 35.5. The largest absolute Gasteiger partial charge is 0.399 e. The molecule has 0 radical (unpaired) electrons. The summed E-state index contributed by atoms with van der Waals surface area (Å²) in [5.41, 5.74) is 2.80. The Morgan fingerprint density at radius 2 is 2.19 bits per heavy atom. The Morgan fingerprint density at radius 1 is 1.33 bits per heavy atom. The van der Waals surface area contributed by atoms with Gasteiger partial charge in [-0.2, -0.15) is 5.10 Å². The molecule has 2 aromatic rings. The minimum absolute atomic E-state index is 0.155. The first-order chi connectivity index (χ1) is 13.1. The Balaban J connectivity index is 1.81. The van der Waals surface area contributed by atoms with Gasteiger partial charge in [0.05, 0.1) is 18.4 Å². The van der Waals surface area contributed by atoms with Crippen molar-refractivity contribution in [3.8, 4) is 0 Å². The molecule has 27 heavy (non-hydrogen) atoms. The van der Waals surface area contributed by atoms with Crippen molar-refractivity contribution in [1.82, 2.24) is 14.8 Å². The summed E-state index contributed by atoms with van der Waals surface area (Å²) in [6.45, 7) is 2.49. The van der Waals surface area contributed by atoms with Gasteiger partial charge in [-0.1, -0.05) is 46.6 Å². The van der Waals surface area contributed by atoms with E-state index in [2.05, 4.69) is 15.2 Å². The third kappa shape index (κ3) is 5.19. The Labute approximate surface area is 168 Å². The maximum atomic E-state index is 6.43. The van der Waals surface area contributed by atoms with Crippen molar-refractivity contribution in [1.29, 1.82) is 0 Å². The second-order valence-corrected chi connectivity index (χ2v) is 6.94. The van der Waals surface area contributed by atoms with Gasteiger partial charge in [0.1, 0.15) is 25.9 Å². The summed E-state index contributed by atoms with van der Waals surface area (Å²) >= 11 is 12.5. The number of allylic oxidation sites excluding steroid dienone is 3. The third-order valence-corrected chi connectivity index (χ3v) is 4.77. The zero-order valence-corrected chi connectivity index (χ0v) is 16.6. The van der Waals surface area contributed by atoms with Crippen LogP contribution in [0.5, 0.6) is 0 Å². The molecule has 1 aromatic carbocycles. The molecule has 2 atom stereocenters. The number of halogens is 2. The average Bonchev–Trinajstić information content (AvgIpc) is 3.15. The molecule has 0 saturated heterocycles. The summed E-state index contributed by atoms with van der Waals surface area (Å²) in [6, 6.07) is 5.40. The number of benzene rings is 1. The Kier molecular flexibility index (Phi) is 6.66. The third-order valence-electron chi connectivity index (χ3n) is 4.21. The Hall–Kier alpha value is -2.15. The van der Waals surface area contributed by atoms with Crippen LogP contribution in [-0.4, -0.2) is 33.7 Å². The maximum Gasteiger partial charge on any atom is 0.137 e. The van der Waals surface area contributed by atoms with E-state index >= 15 is 0 Å². The fraction of sp³-hybridized carbons (Fsp3) is 0.316. The lowest BCUT2D eigenvalue weighted by atomic mass is 9.99. The minimum atomic E-state index is -0.318. The van der Waals surface area contributed by atoms with Crippen LogP contribution in [-0.2, 0) is 16.1 Å². The van der Waals surface area contributed by atoms with Crippen molar-refractivity contribution in [2.75, 3.05) is 7.11 Å². The lowest BCUT2D eigenvalue weighted by Crippen LogP contribution is -2.22. The van der Waals surface area contributed by atoms with Crippen LogP contribution in [0.25, 0.3) is 0 Å². The molecule has 0 amide bonds. The molecule has 0 N–H and O–H groups in total. The maximum absolute atomic E-state index is 6.43. The van der Waals surface area contributed by atoms with Crippen LogP contribution in [0.4, 0.5) is 0 Å². The molecule has 1 aromatic heterocycles. The smallest absolute Gasteiger partial charge is 0.137 e. The standard InChI is InChI=1S/C19H20Cl2N4O2/c1-13(14-4-3-5-16(8-14)24-26-2)27-19(10-25-12-22-11-23-25)17-7-6-15(20)9-18(17)21/h3-7,9,11-13,19H,8,10H2,1-2H3. The number of oxime groups is 1. The normalized spacial score (nSPS) is 17.6. The number of ether oxygens (including phenoxy) is 1.